The van der Waals surface area contributed by atoms with Crippen molar-refractivity contribution in [3.05, 3.63) is 0 Å². The van der Waals surface area contributed by atoms with E-state index in [1.807, 2.05) is 0 Å². The van der Waals surface area contributed by atoms with E-state index in [0.29, 0.717) is 0 Å². The van der Waals surface area contributed by atoms with Gasteiger partial charge in [-0.15, -0.1) is 0 Å². The second-order valence-electron chi connectivity index (χ2n) is 4.73. The molecule has 3 fully saturated rings. The van der Waals surface area contributed by atoms with Crippen molar-refractivity contribution in [1.82, 2.24) is 10.2 Å². The van der Waals surface area contributed by atoms with Gasteiger partial charge in [-0.05, 0) is 19.3 Å². The highest BCUT2D eigenvalue weighted by molar-refractivity contribution is 4.97. The summed E-state index contributed by atoms with van der Waals surface area (Å²) < 4.78 is 0. The highest BCUT2D eigenvalue weighted by atomic mass is 15.3. The van der Waals surface area contributed by atoms with Gasteiger partial charge in [-0.25, -0.2) is 5.32 Å². The first kappa shape index (κ1) is 10.4. The number of hydrogen-bond acceptors (Lipinski definition) is 1. The molecule has 0 amide bonds. The minimum atomic E-state index is 1.04. The number of rotatable bonds is 0. The van der Waals surface area contributed by atoms with E-state index in [9.17, 15) is 0 Å². The molecule has 80 valence electrons. The predicted octanol–water partition coefficient (Wildman–Crippen LogP) is 1.86. The molecule has 3 saturated heterocycles. The SMILES string of the molecule is C1CCC[N]CC1.C1CC[N+]2CC2C1. The van der Waals surface area contributed by atoms with Crippen LogP contribution in [0.3, 0.4) is 0 Å². The molecule has 2 heteroatoms. The number of hydrogen-bond donors (Lipinski definition) is 0. The Morgan fingerprint density at radius 2 is 1.64 bits per heavy atom. The summed E-state index contributed by atoms with van der Waals surface area (Å²) in [4.78, 5) is 2.56. The fourth-order valence-corrected chi connectivity index (χ4v) is 2.38. The molecule has 3 aliphatic heterocycles. The van der Waals surface area contributed by atoms with Crippen LogP contribution in [-0.2, 0) is 0 Å². The van der Waals surface area contributed by atoms with Crippen molar-refractivity contribution in [2.24, 2.45) is 0 Å². The maximum atomic E-state index is 4.27. The largest absolute Gasteiger partial charge is 0.242 e. The Bertz CT molecular complexity index is 129. The van der Waals surface area contributed by atoms with E-state index in [0.717, 1.165) is 19.1 Å². The van der Waals surface area contributed by atoms with Crippen LogP contribution in [0, 0.1) is 0 Å². The summed E-state index contributed by atoms with van der Waals surface area (Å²) in [6.07, 6.45) is 9.91. The minimum absolute atomic E-state index is 1.04. The van der Waals surface area contributed by atoms with Crippen molar-refractivity contribution in [3.8, 4) is 0 Å². The van der Waals surface area contributed by atoms with Crippen molar-refractivity contribution < 1.29 is 0 Å². The molecular weight excluding hydrogens is 172 g/mol. The van der Waals surface area contributed by atoms with Crippen LogP contribution in [0.15, 0.2) is 0 Å². The molecule has 0 saturated carbocycles. The van der Waals surface area contributed by atoms with Crippen molar-refractivity contribution in [3.63, 3.8) is 0 Å². The third-order valence-corrected chi connectivity index (χ3v) is 3.44. The van der Waals surface area contributed by atoms with E-state index in [1.165, 1.54) is 58.0 Å². The van der Waals surface area contributed by atoms with E-state index >= 15 is 0 Å². The molecular formula is C12H23N2+. The Morgan fingerprint density at radius 3 is 2.21 bits per heavy atom. The van der Waals surface area contributed by atoms with Gasteiger partial charge in [-0.3, -0.25) is 0 Å². The second-order valence-corrected chi connectivity index (χ2v) is 4.73. The minimum Gasteiger partial charge on any atom is -0.242 e. The molecule has 2 atom stereocenters. The Balaban J connectivity index is 0.000000107. The zero-order valence-corrected chi connectivity index (χ0v) is 9.25. The standard InChI is InChI=1S/C6H11N.C6H12N/c1-2-4-7-5-6(7)3-1;1-2-4-6-7-5-3-1/h6H,1-5H2;1-6H2/q+1;. The van der Waals surface area contributed by atoms with Crippen LogP contribution < -0.4 is 10.2 Å². The fourth-order valence-electron chi connectivity index (χ4n) is 2.38. The summed E-state index contributed by atoms with van der Waals surface area (Å²) in [6.45, 7) is 5.06. The van der Waals surface area contributed by atoms with Crippen LogP contribution in [0.5, 0.6) is 0 Å². The maximum absolute atomic E-state index is 4.27. The van der Waals surface area contributed by atoms with Gasteiger partial charge >= 0.3 is 0 Å². The normalized spacial score (nSPS) is 36.0. The molecule has 14 heavy (non-hydrogen) atoms. The predicted molar refractivity (Wildman–Crippen MR) is 59.8 cm³/mol. The van der Waals surface area contributed by atoms with E-state index in [4.69, 9.17) is 0 Å². The molecule has 0 bridgehead atoms. The highest BCUT2D eigenvalue weighted by Gasteiger charge is 2.48. The van der Waals surface area contributed by atoms with Crippen LogP contribution in [0.25, 0.3) is 0 Å². The quantitative estimate of drug-likeness (QED) is 0.415. The average molecular weight is 195 g/mol. The van der Waals surface area contributed by atoms with Gasteiger partial charge in [0.1, 0.15) is 6.54 Å². The molecule has 3 aliphatic rings. The van der Waals surface area contributed by atoms with Gasteiger partial charge < -0.3 is 0 Å². The lowest BCUT2D eigenvalue weighted by Crippen LogP contribution is -2.14. The molecule has 0 aromatic carbocycles. The van der Waals surface area contributed by atoms with E-state index in [-0.39, 0.29) is 0 Å². The molecule has 2 nitrogen and oxygen atoms in total. The Hall–Kier alpha value is -0.0800. The Labute approximate surface area is 88.1 Å². The second kappa shape index (κ2) is 5.72. The summed E-state index contributed by atoms with van der Waals surface area (Å²) in [5.74, 6) is 0. The number of nitrogens with zero attached hydrogens (tertiary/aromatic N) is 2. The van der Waals surface area contributed by atoms with Crippen molar-refractivity contribution in [2.75, 3.05) is 26.2 Å². The number of fused-ring (bicyclic) bond motifs is 1. The van der Waals surface area contributed by atoms with E-state index in [2.05, 4.69) is 10.2 Å². The first-order valence-corrected chi connectivity index (χ1v) is 6.34. The van der Waals surface area contributed by atoms with Crippen molar-refractivity contribution in [1.29, 1.82) is 0 Å². The molecule has 3 heterocycles. The van der Waals surface area contributed by atoms with Gasteiger partial charge in [-0.1, -0.05) is 12.8 Å². The van der Waals surface area contributed by atoms with Gasteiger partial charge in [0.15, 0.2) is 12.6 Å². The third-order valence-electron chi connectivity index (χ3n) is 3.44. The Kier molecular flexibility index (Phi) is 4.26. The van der Waals surface area contributed by atoms with Crippen LogP contribution in [0.2, 0.25) is 0 Å². The lowest BCUT2D eigenvalue weighted by atomic mass is 10.1. The first-order chi connectivity index (χ1) is 6.97. The highest BCUT2D eigenvalue weighted by Crippen LogP contribution is 2.24. The summed E-state index contributed by atoms with van der Waals surface area (Å²) in [5.41, 5.74) is 0. The van der Waals surface area contributed by atoms with Crippen molar-refractivity contribution in [2.45, 2.75) is 51.0 Å². The molecule has 0 spiro atoms. The topological polar surface area (TPSA) is 20.0 Å². The number of piperidine rings is 1. The zero-order chi connectivity index (χ0) is 9.64. The summed E-state index contributed by atoms with van der Waals surface area (Å²) in [7, 11) is 0. The molecule has 2 unspecified atom stereocenters. The molecule has 2 radical (unpaired) electrons. The van der Waals surface area contributed by atoms with Crippen LogP contribution in [0.1, 0.15) is 44.9 Å². The molecule has 0 aromatic rings. The van der Waals surface area contributed by atoms with E-state index in [1.54, 1.807) is 0 Å². The smallest absolute Gasteiger partial charge is 0.186 e. The summed E-state index contributed by atoms with van der Waals surface area (Å²) in [5, 5.41) is 4.27. The third kappa shape index (κ3) is 3.58. The molecule has 0 N–H and O–H groups in total. The summed E-state index contributed by atoms with van der Waals surface area (Å²) in [6, 6.07) is 1.04. The van der Waals surface area contributed by atoms with Gasteiger partial charge in [0.05, 0.1) is 0 Å². The van der Waals surface area contributed by atoms with Gasteiger partial charge in [0, 0.05) is 25.9 Å². The van der Waals surface area contributed by atoms with Gasteiger partial charge in [-0.2, -0.15) is 4.90 Å². The van der Waals surface area contributed by atoms with Gasteiger partial charge in [0.2, 0.25) is 0 Å². The van der Waals surface area contributed by atoms with Crippen LogP contribution in [-0.4, -0.2) is 32.2 Å². The Morgan fingerprint density at radius 1 is 0.857 bits per heavy atom. The lowest BCUT2D eigenvalue weighted by molar-refractivity contribution is 0.502. The zero-order valence-electron chi connectivity index (χ0n) is 9.25. The molecule has 0 aliphatic carbocycles. The van der Waals surface area contributed by atoms with Crippen molar-refractivity contribution >= 4 is 0 Å². The maximum Gasteiger partial charge on any atom is 0.186 e. The van der Waals surface area contributed by atoms with Crippen LogP contribution in [0.4, 0.5) is 0 Å². The molecule has 0 aromatic heterocycles. The lowest BCUT2D eigenvalue weighted by Gasteiger charge is -1.98. The molecule has 3 rings (SSSR count). The van der Waals surface area contributed by atoms with E-state index < -0.39 is 0 Å². The monoisotopic (exact) mass is 195 g/mol. The average Bonchev–Trinajstić information content (AvgIpc) is 3.04. The first-order valence-electron chi connectivity index (χ1n) is 6.34. The summed E-state index contributed by atoms with van der Waals surface area (Å²) >= 11 is 0. The fraction of sp³-hybridized carbons (Fsp3) is 1.00. The van der Waals surface area contributed by atoms with Crippen LogP contribution >= 0.6 is 0 Å². The van der Waals surface area contributed by atoms with Gasteiger partial charge in [0.25, 0.3) is 0 Å².